The Morgan fingerprint density at radius 2 is 0.444 bits per heavy atom. The summed E-state index contributed by atoms with van der Waals surface area (Å²) >= 11 is 0. The second-order valence-electron chi connectivity index (χ2n) is 23.4. The Hall–Kier alpha value is -3.41. The number of rotatable bonds is 64. The first kappa shape index (κ1) is 77.6. The van der Waals surface area contributed by atoms with Crippen LogP contribution in [0.25, 0.3) is 0 Å². The van der Waals surface area contributed by atoms with E-state index in [2.05, 4.69) is 106 Å². The Morgan fingerprint density at radius 1 is 0.247 bits per heavy atom. The van der Waals surface area contributed by atoms with Gasteiger partial charge in [-0.2, -0.15) is 0 Å². The van der Waals surface area contributed by atoms with Gasteiger partial charge in [0.25, 0.3) is 0 Å². The van der Waals surface area contributed by atoms with E-state index in [9.17, 15) is 14.4 Å². The van der Waals surface area contributed by atoms with Gasteiger partial charge in [-0.05, 0) is 122 Å². The van der Waals surface area contributed by atoms with Crippen molar-refractivity contribution in [3.05, 3.63) is 85.1 Å². The molecule has 0 aliphatic rings. The van der Waals surface area contributed by atoms with Crippen molar-refractivity contribution in [2.75, 3.05) is 13.2 Å². The standard InChI is InChI=1S/C75H132O6/c1-4-7-10-13-16-19-22-25-28-30-32-34-35-36-37-38-39-41-42-44-47-50-53-56-59-62-65-68-74(77)80-71-72(70-79-73(76)67-64-61-58-55-52-49-46-27-24-21-18-15-12-9-6-3)81-75(78)69-66-63-60-57-54-51-48-45-43-40-33-31-29-26-23-20-17-14-11-8-5-2/h18,21-23,25-27,30-33,35-36,46,72H,4-17,19-20,24,28-29,34,37-45,47-71H2,1-3H3/b21-18-,25-22-,26-23-,32-30-,33-31-,36-35-,46-27-. The second kappa shape index (κ2) is 69.1. The third-order valence-corrected chi connectivity index (χ3v) is 15.3. The molecule has 81 heavy (non-hydrogen) atoms. The van der Waals surface area contributed by atoms with E-state index < -0.39 is 6.10 Å². The monoisotopic (exact) mass is 1130 g/mol. The molecule has 0 aliphatic carbocycles. The predicted octanol–water partition coefficient (Wildman–Crippen LogP) is 24.2. The highest BCUT2D eigenvalue weighted by Crippen LogP contribution is 2.17. The van der Waals surface area contributed by atoms with Crippen LogP contribution >= 0.6 is 0 Å². The van der Waals surface area contributed by atoms with E-state index in [0.29, 0.717) is 19.3 Å². The van der Waals surface area contributed by atoms with E-state index in [0.717, 1.165) is 96.3 Å². The number of unbranched alkanes of at least 4 members (excludes halogenated alkanes) is 39. The molecule has 6 nitrogen and oxygen atoms in total. The van der Waals surface area contributed by atoms with Crippen molar-refractivity contribution < 1.29 is 28.6 Å². The zero-order chi connectivity index (χ0) is 58.5. The first-order valence-electron chi connectivity index (χ1n) is 35.1. The second-order valence-corrected chi connectivity index (χ2v) is 23.4. The average molecular weight is 1130 g/mol. The maximum atomic E-state index is 13.0. The van der Waals surface area contributed by atoms with Crippen LogP contribution in [0.15, 0.2) is 85.1 Å². The smallest absolute Gasteiger partial charge is 0.306 e. The van der Waals surface area contributed by atoms with Gasteiger partial charge in [-0.15, -0.1) is 0 Å². The quantitative estimate of drug-likeness (QED) is 0.0261. The maximum absolute atomic E-state index is 13.0. The number of ether oxygens (including phenoxy) is 3. The zero-order valence-electron chi connectivity index (χ0n) is 53.8. The van der Waals surface area contributed by atoms with Gasteiger partial charge in [0, 0.05) is 19.3 Å². The summed E-state index contributed by atoms with van der Waals surface area (Å²) in [5.74, 6) is -0.886. The van der Waals surface area contributed by atoms with E-state index in [-0.39, 0.29) is 31.1 Å². The summed E-state index contributed by atoms with van der Waals surface area (Å²) in [5, 5.41) is 0. The molecule has 1 atom stereocenters. The summed E-state index contributed by atoms with van der Waals surface area (Å²) in [4.78, 5) is 38.4. The summed E-state index contributed by atoms with van der Waals surface area (Å²) in [6.07, 6.45) is 91.7. The molecule has 0 bridgehead atoms. The van der Waals surface area contributed by atoms with Crippen LogP contribution in [0.4, 0.5) is 0 Å². The Bertz CT molecular complexity index is 1530. The van der Waals surface area contributed by atoms with Crippen LogP contribution in [0.2, 0.25) is 0 Å². The van der Waals surface area contributed by atoms with Crippen LogP contribution in [-0.4, -0.2) is 37.2 Å². The van der Waals surface area contributed by atoms with Crippen LogP contribution in [-0.2, 0) is 28.6 Å². The molecule has 0 saturated heterocycles. The molecule has 0 aromatic rings. The highest BCUT2D eigenvalue weighted by atomic mass is 16.6. The van der Waals surface area contributed by atoms with Crippen molar-refractivity contribution in [3.63, 3.8) is 0 Å². The van der Waals surface area contributed by atoms with Crippen LogP contribution in [0, 0.1) is 0 Å². The van der Waals surface area contributed by atoms with Gasteiger partial charge in [0.05, 0.1) is 0 Å². The fourth-order valence-corrected chi connectivity index (χ4v) is 10.0. The van der Waals surface area contributed by atoms with Crippen molar-refractivity contribution in [1.29, 1.82) is 0 Å². The van der Waals surface area contributed by atoms with Gasteiger partial charge in [0.2, 0.25) is 0 Å². The molecular formula is C75H132O6. The molecule has 0 saturated carbocycles. The molecule has 0 fully saturated rings. The lowest BCUT2D eigenvalue weighted by molar-refractivity contribution is -0.167. The molecule has 0 aromatic heterocycles. The molecular weight excluding hydrogens is 997 g/mol. The average Bonchev–Trinajstić information content (AvgIpc) is 3.47. The highest BCUT2D eigenvalue weighted by Gasteiger charge is 2.19. The number of allylic oxidation sites excluding steroid dienone is 14. The Morgan fingerprint density at radius 3 is 0.716 bits per heavy atom. The largest absolute Gasteiger partial charge is 0.462 e. The summed E-state index contributed by atoms with van der Waals surface area (Å²) in [6, 6.07) is 0. The van der Waals surface area contributed by atoms with Crippen LogP contribution in [0.1, 0.15) is 355 Å². The van der Waals surface area contributed by atoms with Gasteiger partial charge in [-0.1, -0.05) is 298 Å². The van der Waals surface area contributed by atoms with Crippen LogP contribution < -0.4 is 0 Å². The number of hydrogen-bond acceptors (Lipinski definition) is 6. The molecule has 0 radical (unpaired) electrons. The van der Waals surface area contributed by atoms with Crippen molar-refractivity contribution >= 4 is 17.9 Å². The topological polar surface area (TPSA) is 78.9 Å². The molecule has 0 rings (SSSR count). The van der Waals surface area contributed by atoms with Gasteiger partial charge in [-0.25, -0.2) is 0 Å². The summed E-state index contributed by atoms with van der Waals surface area (Å²) in [7, 11) is 0. The molecule has 0 aromatic carbocycles. The number of hydrogen-bond donors (Lipinski definition) is 0. The van der Waals surface area contributed by atoms with Gasteiger partial charge >= 0.3 is 17.9 Å². The highest BCUT2D eigenvalue weighted by molar-refractivity contribution is 5.71. The molecule has 0 amide bonds. The van der Waals surface area contributed by atoms with E-state index >= 15 is 0 Å². The Balaban J connectivity index is 4.33. The number of esters is 3. The fraction of sp³-hybridized carbons (Fsp3) is 0.773. The van der Waals surface area contributed by atoms with Crippen molar-refractivity contribution in [2.45, 2.75) is 361 Å². The third kappa shape index (κ3) is 67.3. The number of carbonyl (C=O) groups is 3. The molecule has 0 aliphatic heterocycles. The Labute approximate surface area is 503 Å². The van der Waals surface area contributed by atoms with Gasteiger partial charge in [-0.3, -0.25) is 14.4 Å². The first-order valence-corrected chi connectivity index (χ1v) is 35.1. The minimum Gasteiger partial charge on any atom is -0.462 e. The molecule has 0 spiro atoms. The zero-order valence-corrected chi connectivity index (χ0v) is 53.8. The Kier molecular flexibility index (Phi) is 66.2. The number of carbonyl (C=O) groups excluding carboxylic acids is 3. The minimum atomic E-state index is -0.788. The van der Waals surface area contributed by atoms with Crippen molar-refractivity contribution in [1.82, 2.24) is 0 Å². The lowest BCUT2D eigenvalue weighted by atomic mass is 10.0. The SMILES string of the molecule is CCCCC/C=C\C/C=C\CCCCCCCC(=O)OCC(COC(=O)CCCCCCCCCCCCCC/C=C\C/C=C\C/C=C\CCCCCCC)OC(=O)CCCCCCCCCCC/C=C\C/C=C\CCCCCCC. The van der Waals surface area contributed by atoms with Crippen molar-refractivity contribution in [2.24, 2.45) is 0 Å². The van der Waals surface area contributed by atoms with E-state index in [1.54, 1.807) is 0 Å². The third-order valence-electron chi connectivity index (χ3n) is 15.3. The molecule has 0 N–H and O–H groups in total. The van der Waals surface area contributed by atoms with Crippen LogP contribution in [0.3, 0.4) is 0 Å². The van der Waals surface area contributed by atoms with Crippen LogP contribution in [0.5, 0.6) is 0 Å². The summed E-state index contributed by atoms with van der Waals surface area (Å²) in [6.45, 7) is 6.62. The summed E-state index contributed by atoms with van der Waals surface area (Å²) in [5.41, 5.74) is 0. The van der Waals surface area contributed by atoms with Crippen molar-refractivity contribution in [3.8, 4) is 0 Å². The lowest BCUT2D eigenvalue weighted by Crippen LogP contribution is -2.30. The molecule has 0 heterocycles. The van der Waals surface area contributed by atoms with E-state index in [4.69, 9.17) is 14.2 Å². The first-order chi connectivity index (χ1) is 40.0. The lowest BCUT2D eigenvalue weighted by Gasteiger charge is -2.18. The molecule has 6 heteroatoms. The molecule has 468 valence electrons. The minimum absolute atomic E-state index is 0.0822. The van der Waals surface area contributed by atoms with E-state index in [1.165, 1.54) is 218 Å². The van der Waals surface area contributed by atoms with Gasteiger partial charge in [0.1, 0.15) is 13.2 Å². The normalized spacial score (nSPS) is 12.6. The fourth-order valence-electron chi connectivity index (χ4n) is 10.0. The molecule has 1 unspecified atom stereocenters. The van der Waals surface area contributed by atoms with Gasteiger partial charge < -0.3 is 14.2 Å². The maximum Gasteiger partial charge on any atom is 0.306 e. The summed E-state index contributed by atoms with van der Waals surface area (Å²) < 4.78 is 17.0. The van der Waals surface area contributed by atoms with Gasteiger partial charge in [0.15, 0.2) is 6.10 Å². The predicted molar refractivity (Wildman–Crippen MR) is 353 cm³/mol. The van der Waals surface area contributed by atoms with E-state index in [1.807, 2.05) is 0 Å².